The molecule has 2 atom stereocenters. The summed E-state index contributed by atoms with van der Waals surface area (Å²) < 4.78 is 0. The molecule has 0 bridgehead atoms. The predicted octanol–water partition coefficient (Wildman–Crippen LogP) is 2.93. The number of benzene rings is 1. The first kappa shape index (κ1) is 9.72. The molecule has 0 spiro atoms. The van der Waals surface area contributed by atoms with Crippen molar-refractivity contribution in [1.82, 2.24) is 0 Å². The molecular formula is C13H18O. The molecule has 0 aromatic heterocycles. The Hall–Kier alpha value is -0.820. The molecule has 1 heteroatoms. The summed E-state index contributed by atoms with van der Waals surface area (Å²) in [6.45, 7) is 4.30. The van der Waals surface area contributed by atoms with Crippen molar-refractivity contribution < 1.29 is 5.11 Å². The third-order valence-corrected chi connectivity index (χ3v) is 3.28. The van der Waals surface area contributed by atoms with Gasteiger partial charge >= 0.3 is 0 Å². The SMILES string of the molecule is Cc1ccc(C)c(C2CCC(O)C2)c1. The number of hydrogen-bond donors (Lipinski definition) is 1. The summed E-state index contributed by atoms with van der Waals surface area (Å²) in [7, 11) is 0. The van der Waals surface area contributed by atoms with Crippen LogP contribution in [0.1, 0.15) is 41.9 Å². The number of hydrogen-bond acceptors (Lipinski definition) is 1. The van der Waals surface area contributed by atoms with Gasteiger partial charge in [-0.15, -0.1) is 0 Å². The van der Waals surface area contributed by atoms with Crippen LogP contribution in [0.5, 0.6) is 0 Å². The highest BCUT2D eigenvalue weighted by Crippen LogP contribution is 2.36. The molecule has 0 amide bonds. The Morgan fingerprint density at radius 2 is 2.00 bits per heavy atom. The van der Waals surface area contributed by atoms with Crippen LogP contribution in [0.4, 0.5) is 0 Å². The van der Waals surface area contributed by atoms with Crippen LogP contribution in [-0.4, -0.2) is 11.2 Å². The number of aliphatic hydroxyl groups is 1. The predicted molar refractivity (Wildman–Crippen MR) is 58.5 cm³/mol. The zero-order valence-electron chi connectivity index (χ0n) is 8.96. The molecule has 1 aliphatic carbocycles. The Kier molecular flexibility index (Phi) is 2.60. The highest BCUT2D eigenvalue weighted by Gasteiger charge is 2.24. The summed E-state index contributed by atoms with van der Waals surface area (Å²) in [6.07, 6.45) is 2.99. The summed E-state index contributed by atoms with van der Waals surface area (Å²) in [5.41, 5.74) is 4.14. The second-order valence-electron chi connectivity index (χ2n) is 4.52. The van der Waals surface area contributed by atoms with Crippen LogP contribution in [0.25, 0.3) is 0 Å². The fourth-order valence-electron chi connectivity index (χ4n) is 2.44. The van der Waals surface area contributed by atoms with E-state index in [-0.39, 0.29) is 6.10 Å². The first-order chi connectivity index (χ1) is 6.66. The molecule has 1 fully saturated rings. The first-order valence-electron chi connectivity index (χ1n) is 5.42. The maximum absolute atomic E-state index is 9.52. The Morgan fingerprint density at radius 3 is 2.64 bits per heavy atom. The van der Waals surface area contributed by atoms with Gasteiger partial charge in [-0.25, -0.2) is 0 Å². The van der Waals surface area contributed by atoms with E-state index in [1.54, 1.807) is 0 Å². The molecule has 0 saturated heterocycles. The molecule has 76 valence electrons. The van der Waals surface area contributed by atoms with Gasteiger partial charge in [0.05, 0.1) is 6.10 Å². The van der Waals surface area contributed by atoms with Crippen molar-refractivity contribution in [3.8, 4) is 0 Å². The van der Waals surface area contributed by atoms with Crippen molar-refractivity contribution >= 4 is 0 Å². The van der Waals surface area contributed by atoms with Gasteiger partial charge in [-0.05, 0) is 50.2 Å². The van der Waals surface area contributed by atoms with Crippen LogP contribution in [0.3, 0.4) is 0 Å². The lowest BCUT2D eigenvalue weighted by molar-refractivity contribution is 0.181. The van der Waals surface area contributed by atoms with E-state index >= 15 is 0 Å². The summed E-state index contributed by atoms with van der Waals surface area (Å²) >= 11 is 0. The third-order valence-electron chi connectivity index (χ3n) is 3.28. The highest BCUT2D eigenvalue weighted by atomic mass is 16.3. The zero-order valence-corrected chi connectivity index (χ0v) is 8.96. The van der Waals surface area contributed by atoms with E-state index in [1.807, 2.05) is 0 Å². The fraction of sp³-hybridized carbons (Fsp3) is 0.538. The third kappa shape index (κ3) is 1.83. The highest BCUT2D eigenvalue weighted by molar-refractivity contribution is 5.33. The van der Waals surface area contributed by atoms with Crippen LogP contribution in [0.2, 0.25) is 0 Å². The van der Waals surface area contributed by atoms with E-state index in [0.29, 0.717) is 5.92 Å². The van der Waals surface area contributed by atoms with Gasteiger partial charge in [0.15, 0.2) is 0 Å². The minimum atomic E-state index is -0.0695. The maximum atomic E-state index is 9.52. The molecule has 0 radical (unpaired) electrons. The number of aliphatic hydroxyl groups excluding tert-OH is 1. The molecule has 1 aromatic rings. The van der Waals surface area contributed by atoms with Crippen LogP contribution in [-0.2, 0) is 0 Å². The van der Waals surface area contributed by atoms with Gasteiger partial charge < -0.3 is 5.11 Å². The second kappa shape index (κ2) is 3.74. The van der Waals surface area contributed by atoms with Crippen molar-refractivity contribution in [2.45, 2.75) is 45.1 Å². The Balaban J connectivity index is 2.27. The maximum Gasteiger partial charge on any atom is 0.0546 e. The topological polar surface area (TPSA) is 20.2 Å². The van der Waals surface area contributed by atoms with Crippen molar-refractivity contribution in [2.24, 2.45) is 0 Å². The molecule has 0 aliphatic heterocycles. The molecule has 1 aliphatic rings. The summed E-state index contributed by atoms with van der Waals surface area (Å²) in [5.74, 6) is 0.588. The van der Waals surface area contributed by atoms with Crippen LogP contribution in [0.15, 0.2) is 18.2 Å². The number of aryl methyl sites for hydroxylation is 2. The molecule has 14 heavy (non-hydrogen) atoms. The van der Waals surface area contributed by atoms with Crippen molar-refractivity contribution in [2.75, 3.05) is 0 Å². The Morgan fingerprint density at radius 1 is 1.21 bits per heavy atom. The second-order valence-corrected chi connectivity index (χ2v) is 4.52. The zero-order chi connectivity index (χ0) is 10.1. The van der Waals surface area contributed by atoms with Gasteiger partial charge in [0.25, 0.3) is 0 Å². The van der Waals surface area contributed by atoms with Gasteiger partial charge in [0.1, 0.15) is 0 Å². The minimum absolute atomic E-state index is 0.0695. The van der Waals surface area contributed by atoms with Gasteiger partial charge in [0, 0.05) is 0 Å². The monoisotopic (exact) mass is 190 g/mol. The largest absolute Gasteiger partial charge is 0.393 e. The summed E-state index contributed by atoms with van der Waals surface area (Å²) in [5, 5.41) is 9.52. The average Bonchev–Trinajstić information content (AvgIpc) is 2.56. The lowest BCUT2D eigenvalue weighted by Gasteiger charge is -2.13. The van der Waals surface area contributed by atoms with E-state index in [0.717, 1.165) is 19.3 Å². The quantitative estimate of drug-likeness (QED) is 0.722. The lowest BCUT2D eigenvalue weighted by atomic mass is 9.92. The van der Waals surface area contributed by atoms with Crippen LogP contribution in [0, 0.1) is 13.8 Å². The van der Waals surface area contributed by atoms with Gasteiger partial charge in [-0.3, -0.25) is 0 Å². The minimum Gasteiger partial charge on any atom is -0.393 e. The van der Waals surface area contributed by atoms with Crippen molar-refractivity contribution in [3.63, 3.8) is 0 Å². The lowest BCUT2D eigenvalue weighted by Crippen LogP contribution is -2.01. The summed E-state index contributed by atoms with van der Waals surface area (Å²) in [4.78, 5) is 0. The van der Waals surface area contributed by atoms with Crippen LogP contribution >= 0.6 is 0 Å². The summed E-state index contributed by atoms with van der Waals surface area (Å²) in [6, 6.07) is 6.62. The molecular weight excluding hydrogens is 172 g/mol. The van der Waals surface area contributed by atoms with E-state index < -0.39 is 0 Å². The standard InChI is InChI=1S/C13H18O/c1-9-3-4-10(2)13(7-9)11-5-6-12(14)8-11/h3-4,7,11-12,14H,5-6,8H2,1-2H3. The molecule has 0 heterocycles. The van der Waals surface area contributed by atoms with E-state index in [4.69, 9.17) is 0 Å². The molecule has 1 aromatic carbocycles. The first-order valence-corrected chi connectivity index (χ1v) is 5.42. The van der Waals surface area contributed by atoms with E-state index in [9.17, 15) is 5.11 Å². The van der Waals surface area contributed by atoms with E-state index in [2.05, 4.69) is 32.0 Å². The van der Waals surface area contributed by atoms with Crippen LogP contribution < -0.4 is 0 Å². The smallest absolute Gasteiger partial charge is 0.0546 e. The van der Waals surface area contributed by atoms with E-state index in [1.165, 1.54) is 16.7 Å². The molecule has 2 unspecified atom stereocenters. The molecule has 1 N–H and O–H groups in total. The fourth-order valence-corrected chi connectivity index (χ4v) is 2.44. The van der Waals surface area contributed by atoms with Gasteiger partial charge in [-0.2, -0.15) is 0 Å². The van der Waals surface area contributed by atoms with Gasteiger partial charge in [0.2, 0.25) is 0 Å². The van der Waals surface area contributed by atoms with Crippen molar-refractivity contribution in [3.05, 3.63) is 34.9 Å². The Labute approximate surface area is 85.8 Å². The van der Waals surface area contributed by atoms with Crippen molar-refractivity contribution in [1.29, 1.82) is 0 Å². The van der Waals surface area contributed by atoms with Gasteiger partial charge in [-0.1, -0.05) is 23.8 Å². The normalized spacial score (nSPS) is 26.8. The molecule has 1 nitrogen and oxygen atoms in total. The number of rotatable bonds is 1. The molecule has 1 saturated carbocycles. The average molecular weight is 190 g/mol. The Bertz CT molecular complexity index is 330. The molecule has 2 rings (SSSR count).